The van der Waals surface area contributed by atoms with Gasteiger partial charge in [-0.2, -0.15) is 0 Å². The molecule has 74 valence electrons. The smallest absolute Gasteiger partial charge is 0.0478 e. The molecule has 2 N–H and O–H groups in total. The Hall–Kier alpha value is -0.120. The summed E-state index contributed by atoms with van der Waals surface area (Å²) in [6.45, 7) is 7.06. The van der Waals surface area contributed by atoms with Crippen molar-refractivity contribution < 1.29 is 4.74 Å². The van der Waals surface area contributed by atoms with E-state index in [4.69, 9.17) is 4.74 Å². The molecule has 0 bridgehead atoms. The van der Waals surface area contributed by atoms with Crippen LogP contribution in [0.2, 0.25) is 0 Å². The molecule has 0 aliphatic heterocycles. The van der Waals surface area contributed by atoms with Crippen LogP contribution in [-0.4, -0.2) is 39.9 Å². The number of ether oxygens (including phenoxy) is 1. The van der Waals surface area contributed by atoms with Crippen LogP contribution in [0, 0.1) is 0 Å². The maximum atomic E-state index is 5.40. The predicted molar refractivity (Wildman–Crippen MR) is 52.5 cm³/mol. The van der Waals surface area contributed by atoms with Gasteiger partial charge in [0.1, 0.15) is 0 Å². The molecule has 0 fully saturated rings. The van der Waals surface area contributed by atoms with Gasteiger partial charge in [0.25, 0.3) is 0 Å². The largest absolute Gasteiger partial charge is 0.381 e. The minimum Gasteiger partial charge on any atom is -0.381 e. The highest BCUT2D eigenvalue weighted by Crippen LogP contribution is 1.83. The second-order valence-corrected chi connectivity index (χ2v) is 2.78. The fourth-order valence-electron chi connectivity index (χ4n) is 0.929. The monoisotopic (exact) mass is 174 g/mol. The Bertz CT molecular complexity index is 68.9. The molecule has 0 heterocycles. The van der Waals surface area contributed by atoms with Crippen LogP contribution in [0.15, 0.2) is 0 Å². The van der Waals surface area contributed by atoms with Gasteiger partial charge in [0, 0.05) is 13.2 Å². The van der Waals surface area contributed by atoms with Gasteiger partial charge in [-0.25, -0.2) is 0 Å². The van der Waals surface area contributed by atoms with E-state index in [1.807, 2.05) is 7.05 Å². The standard InChI is InChI=1S/C9H22N2O/c1-3-11-7-5-9-12-8-4-6-10-2/h10-11H,3-9H2,1-2H3. The minimum absolute atomic E-state index is 0.882. The van der Waals surface area contributed by atoms with E-state index < -0.39 is 0 Å². The normalized spacial score (nSPS) is 10.5. The van der Waals surface area contributed by atoms with Gasteiger partial charge < -0.3 is 15.4 Å². The number of hydrogen-bond donors (Lipinski definition) is 2. The fraction of sp³-hybridized carbons (Fsp3) is 1.00. The van der Waals surface area contributed by atoms with Crippen LogP contribution in [0.25, 0.3) is 0 Å². The summed E-state index contributed by atoms with van der Waals surface area (Å²) < 4.78 is 5.40. The lowest BCUT2D eigenvalue weighted by atomic mass is 10.4. The third-order valence-electron chi connectivity index (χ3n) is 1.61. The van der Waals surface area contributed by atoms with E-state index in [9.17, 15) is 0 Å². The average molecular weight is 174 g/mol. The summed E-state index contributed by atoms with van der Waals surface area (Å²) in [4.78, 5) is 0. The Morgan fingerprint density at radius 3 is 2.33 bits per heavy atom. The van der Waals surface area contributed by atoms with Gasteiger partial charge in [0.05, 0.1) is 0 Å². The van der Waals surface area contributed by atoms with Crippen molar-refractivity contribution in [1.29, 1.82) is 0 Å². The molecule has 12 heavy (non-hydrogen) atoms. The summed E-state index contributed by atoms with van der Waals surface area (Å²) in [7, 11) is 1.96. The lowest BCUT2D eigenvalue weighted by Crippen LogP contribution is -2.16. The third-order valence-corrected chi connectivity index (χ3v) is 1.61. The van der Waals surface area contributed by atoms with Gasteiger partial charge in [-0.1, -0.05) is 6.92 Å². The summed E-state index contributed by atoms with van der Waals surface area (Å²) in [6, 6.07) is 0. The zero-order chi connectivity index (χ0) is 9.07. The number of nitrogens with one attached hydrogen (secondary N) is 2. The first kappa shape index (κ1) is 11.9. The summed E-state index contributed by atoms with van der Waals surface area (Å²) in [5, 5.41) is 6.34. The lowest BCUT2D eigenvalue weighted by Gasteiger charge is -2.03. The van der Waals surface area contributed by atoms with E-state index in [0.29, 0.717) is 0 Å². The van der Waals surface area contributed by atoms with Crippen molar-refractivity contribution in [2.75, 3.05) is 39.9 Å². The molecule has 0 atom stereocenters. The Labute approximate surface area is 75.9 Å². The number of hydrogen-bond acceptors (Lipinski definition) is 3. The second-order valence-electron chi connectivity index (χ2n) is 2.78. The summed E-state index contributed by atoms with van der Waals surface area (Å²) in [6.07, 6.45) is 2.23. The Morgan fingerprint density at radius 1 is 1.08 bits per heavy atom. The van der Waals surface area contributed by atoms with Crippen LogP contribution >= 0.6 is 0 Å². The van der Waals surface area contributed by atoms with Crippen molar-refractivity contribution in [2.45, 2.75) is 19.8 Å². The SMILES string of the molecule is CCNCCCOCCCNC. The van der Waals surface area contributed by atoms with Gasteiger partial charge in [0.2, 0.25) is 0 Å². The van der Waals surface area contributed by atoms with Crippen molar-refractivity contribution in [2.24, 2.45) is 0 Å². The molecule has 0 aromatic heterocycles. The maximum Gasteiger partial charge on any atom is 0.0478 e. The van der Waals surface area contributed by atoms with Crippen molar-refractivity contribution in [1.82, 2.24) is 10.6 Å². The average Bonchev–Trinajstić information content (AvgIpc) is 2.10. The highest BCUT2D eigenvalue weighted by Gasteiger charge is 1.88. The quantitative estimate of drug-likeness (QED) is 0.503. The third kappa shape index (κ3) is 9.88. The molecular weight excluding hydrogens is 152 g/mol. The molecule has 0 saturated heterocycles. The first-order valence-corrected chi connectivity index (χ1v) is 4.85. The van der Waals surface area contributed by atoms with E-state index >= 15 is 0 Å². The highest BCUT2D eigenvalue weighted by molar-refractivity contribution is 4.44. The molecule has 0 spiro atoms. The molecule has 3 heteroatoms. The van der Waals surface area contributed by atoms with E-state index in [0.717, 1.165) is 45.7 Å². The topological polar surface area (TPSA) is 33.3 Å². The fourth-order valence-corrected chi connectivity index (χ4v) is 0.929. The van der Waals surface area contributed by atoms with Crippen LogP contribution in [0.4, 0.5) is 0 Å². The molecule has 0 aromatic rings. The van der Waals surface area contributed by atoms with Crippen molar-refractivity contribution >= 4 is 0 Å². The summed E-state index contributed by atoms with van der Waals surface area (Å²) >= 11 is 0. The van der Waals surface area contributed by atoms with Gasteiger partial charge in [-0.15, -0.1) is 0 Å². The second kappa shape index (κ2) is 10.9. The van der Waals surface area contributed by atoms with Crippen LogP contribution in [0.1, 0.15) is 19.8 Å². The molecule has 0 unspecified atom stereocenters. The molecular formula is C9H22N2O. The molecule has 0 rings (SSSR count). The molecule has 0 aliphatic rings. The van der Waals surface area contributed by atoms with Gasteiger partial charge >= 0.3 is 0 Å². The van der Waals surface area contributed by atoms with Crippen LogP contribution in [0.5, 0.6) is 0 Å². The van der Waals surface area contributed by atoms with Gasteiger partial charge in [-0.3, -0.25) is 0 Å². The zero-order valence-electron chi connectivity index (χ0n) is 8.36. The first-order valence-electron chi connectivity index (χ1n) is 4.85. The zero-order valence-corrected chi connectivity index (χ0v) is 8.36. The first-order chi connectivity index (χ1) is 5.91. The van der Waals surface area contributed by atoms with E-state index in [-0.39, 0.29) is 0 Å². The minimum atomic E-state index is 0.882. The lowest BCUT2D eigenvalue weighted by molar-refractivity contribution is 0.129. The maximum absolute atomic E-state index is 5.40. The van der Waals surface area contributed by atoms with Crippen molar-refractivity contribution in [3.63, 3.8) is 0 Å². The van der Waals surface area contributed by atoms with Gasteiger partial charge in [0.15, 0.2) is 0 Å². The molecule has 0 amide bonds. The van der Waals surface area contributed by atoms with Crippen LogP contribution in [-0.2, 0) is 4.74 Å². The Kier molecular flexibility index (Phi) is 10.8. The van der Waals surface area contributed by atoms with E-state index in [1.54, 1.807) is 0 Å². The van der Waals surface area contributed by atoms with Crippen LogP contribution < -0.4 is 10.6 Å². The summed E-state index contributed by atoms with van der Waals surface area (Å²) in [5.74, 6) is 0. The van der Waals surface area contributed by atoms with Gasteiger partial charge in [-0.05, 0) is 39.5 Å². The van der Waals surface area contributed by atoms with E-state index in [2.05, 4.69) is 17.6 Å². The molecule has 0 aliphatic carbocycles. The Balaban J connectivity index is 2.73. The molecule has 0 aromatic carbocycles. The number of rotatable bonds is 9. The van der Waals surface area contributed by atoms with E-state index in [1.165, 1.54) is 0 Å². The van der Waals surface area contributed by atoms with Crippen LogP contribution in [0.3, 0.4) is 0 Å². The molecule has 0 saturated carbocycles. The molecule has 3 nitrogen and oxygen atoms in total. The summed E-state index contributed by atoms with van der Waals surface area (Å²) in [5.41, 5.74) is 0. The predicted octanol–water partition coefficient (Wildman–Crippen LogP) is 0.612. The highest BCUT2D eigenvalue weighted by atomic mass is 16.5. The van der Waals surface area contributed by atoms with Crippen molar-refractivity contribution in [3.05, 3.63) is 0 Å². The Morgan fingerprint density at radius 2 is 1.75 bits per heavy atom. The molecule has 0 radical (unpaired) electrons. The van der Waals surface area contributed by atoms with Crippen molar-refractivity contribution in [3.8, 4) is 0 Å².